The van der Waals surface area contributed by atoms with Gasteiger partial charge < -0.3 is 0 Å². The summed E-state index contributed by atoms with van der Waals surface area (Å²) < 4.78 is 12.8. The van der Waals surface area contributed by atoms with E-state index in [0.717, 1.165) is 18.2 Å². The Morgan fingerprint density at radius 1 is 1.19 bits per heavy atom. The molecule has 88 valence electrons. The number of hydrogen-bond donors (Lipinski definition) is 0. The van der Waals surface area contributed by atoms with Crippen LogP contribution in [0.25, 0.3) is 0 Å². The van der Waals surface area contributed by atoms with Gasteiger partial charge in [-0.3, -0.25) is 0 Å². The SMILES string of the molecule is Fc1ccc(CC(CCl)C2CCCC2)cc1. The van der Waals surface area contributed by atoms with Gasteiger partial charge in [-0.2, -0.15) is 0 Å². The van der Waals surface area contributed by atoms with Crippen molar-refractivity contribution in [3.63, 3.8) is 0 Å². The van der Waals surface area contributed by atoms with E-state index < -0.39 is 0 Å². The fourth-order valence-electron chi connectivity index (χ4n) is 2.70. The molecule has 0 nitrogen and oxygen atoms in total. The molecule has 2 rings (SSSR count). The van der Waals surface area contributed by atoms with Crippen LogP contribution in [0.5, 0.6) is 0 Å². The fraction of sp³-hybridized carbons (Fsp3) is 0.571. The van der Waals surface area contributed by atoms with Crippen LogP contribution in [-0.2, 0) is 6.42 Å². The summed E-state index contributed by atoms with van der Waals surface area (Å²) in [5.41, 5.74) is 1.21. The molecule has 1 fully saturated rings. The zero-order valence-electron chi connectivity index (χ0n) is 9.46. The van der Waals surface area contributed by atoms with Crippen molar-refractivity contribution in [2.75, 3.05) is 5.88 Å². The standard InChI is InChI=1S/C14H18ClF/c15-10-13(12-3-1-2-4-12)9-11-5-7-14(16)8-6-11/h5-8,12-13H,1-4,9-10H2. The zero-order valence-corrected chi connectivity index (χ0v) is 10.2. The molecule has 0 saturated heterocycles. The van der Waals surface area contributed by atoms with Crippen molar-refractivity contribution >= 4 is 11.6 Å². The molecule has 2 heteroatoms. The predicted molar refractivity (Wildman–Crippen MR) is 66.3 cm³/mol. The van der Waals surface area contributed by atoms with Crippen LogP contribution in [-0.4, -0.2) is 5.88 Å². The number of alkyl halides is 1. The van der Waals surface area contributed by atoms with Crippen LogP contribution in [0.3, 0.4) is 0 Å². The van der Waals surface area contributed by atoms with Crippen molar-refractivity contribution in [2.45, 2.75) is 32.1 Å². The summed E-state index contributed by atoms with van der Waals surface area (Å²) >= 11 is 6.05. The second kappa shape index (κ2) is 5.67. The number of halogens is 2. The minimum absolute atomic E-state index is 0.160. The van der Waals surface area contributed by atoms with Gasteiger partial charge in [0.1, 0.15) is 5.82 Å². The first kappa shape index (κ1) is 11.9. The highest BCUT2D eigenvalue weighted by atomic mass is 35.5. The quantitative estimate of drug-likeness (QED) is 0.684. The maximum atomic E-state index is 12.8. The third kappa shape index (κ3) is 2.98. The fourth-order valence-corrected chi connectivity index (χ4v) is 3.06. The van der Waals surface area contributed by atoms with Gasteiger partial charge in [-0.15, -0.1) is 11.6 Å². The Kier molecular flexibility index (Phi) is 4.22. The van der Waals surface area contributed by atoms with Crippen molar-refractivity contribution < 1.29 is 4.39 Å². The maximum absolute atomic E-state index is 12.8. The Bertz CT molecular complexity index is 314. The van der Waals surface area contributed by atoms with Crippen LogP contribution < -0.4 is 0 Å². The molecular formula is C14H18ClF. The van der Waals surface area contributed by atoms with Crippen LogP contribution in [0.4, 0.5) is 4.39 Å². The molecule has 1 aliphatic carbocycles. The summed E-state index contributed by atoms with van der Waals surface area (Å²) in [4.78, 5) is 0. The minimum Gasteiger partial charge on any atom is -0.207 e. The van der Waals surface area contributed by atoms with E-state index >= 15 is 0 Å². The molecule has 0 aromatic heterocycles. The average Bonchev–Trinajstić information content (AvgIpc) is 2.82. The van der Waals surface area contributed by atoms with Gasteiger partial charge in [0.05, 0.1) is 0 Å². The maximum Gasteiger partial charge on any atom is 0.123 e. The van der Waals surface area contributed by atoms with Gasteiger partial charge in [0.2, 0.25) is 0 Å². The Morgan fingerprint density at radius 3 is 2.38 bits per heavy atom. The van der Waals surface area contributed by atoms with Crippen molar-refractivity contribution in [3.8, 4) is 0 Å². The normalized spacial score (nSPS) is 18.9. The molecule has 1 atom stereocenters. The van der Waals surface area contributed by atoms with E-state index in [1.165, 1.54) is 43.4 Å². The Morgan fingerprint density at radius 2 is 1.81 bits per heavy atom. The smallest absolute Gasteiger partial charge is 0.123 e. The first-order valence-electron chi connectivity index (χ1n) is 6.10. The van der Waals surface area contributed by atoms with E-state index in [-0.39, 0.29) is 5.82 Å². The second-order valence-electron chi connectivity index (χ2n) is 4.79. The van der Waals surface area contributed by atoms with Crippen LogP contribution >= 0.6 is 11.6 Å². The Labute approximate surface area is 102 Å². The Balaban J connectivity index is 1.97. The average molecular weight is 241 g/mol. The zero-order chi connectivity index (χ0) is 11.4. The minimum atomic E-state index is -0.160. The predicted octanol–water partition coefficient (Wildman–Crippen LogP) is 4.41. The molecule has 0 N–H and O–H groups in total. The van der Waals surface area contributed by atoms with Gasteiger partial charge >= 0.3 is 0 Å². The molecule has 1 unspecified atom stereocenters. The van der Waals surface area contributed by atoms with Crippen molar-refractivity contribution in [1.82, 2.24) is 0 Å². The van der Waals surface area contributed by atoms with E-state index in [0.29, 0.717) is 5.92 Å². The molecule has 1 aromatic carbocycles. The molecule has 0 bridgehead atoms. The lowest BCUT2D eigenvalue weighted by Crippen LogP contribution is -2.16. The highest BCUT2D eigenvalue weighted by molar-refractivity contribution is 6.18. The topological polar surface area (TPSA) is 0 Å². The van der Waals surface area contributed by atoms with E-state index in [1.807, 2.05) is 12.1 Å². The van der Waals surface area contributed by atoms with Gasteiger partial charge in [-0.1, -0.05) is 37.8 Å². The molecule has 0 spiro atoms. The van der Waals surface area contributed by atoms with Crippen LogP contribution in [0.2, 0.25) is 0 Å². The van der Waals surface area contributed by atoms with Gasteiger partial charge in [0, 0.05) is 5.88 Å². The lowest BCUT2D eigenvalue weighted by atomic mass is 9.87. The molecule has 0 aliphatic heterocycles. The van der Waals surface area contributed by atoms with Crippen LogP contribution in [0, 0.1) is 17.7 Å². The second-order valence-corrected chi connectivity index (χ2v) is 5.10. The van der Waals surface area contributed by atoms with E-state index in [1.54, 1.807) is 0 Å². The van der Waals surface area contributed by atoms with Gasteiger partial charge in [0.25, 0.3) is 0 Å². The number of rotatable bonds is 4. The molecule has 16 heavy (non-hydrogen) atoms. The summed E-state index contributed by atoms with van der Waals surface area (Å²) in [6.07, 6.45) is 6.33. The van der Waals surface area contributed by atoms with Gasteiger partial charge in [-0.25, -0.2) is 4.39 Å². The summed E-state index contributed by atoms with van der Waals surface area (Å²) in [6.45, 7) is 0. The van der Waals surface area contributed by atoms with Crippen molar-refractivity contribution in [3.05, 3.63) is 35.6 Å². The highest BCUT2D eigenvalue weighted by Crippen LogP contribution is 2.33. The molecule has 1 aromatic rings. The first-order valence-corrected chi connectivity index (χ1v) is 6.63. The monoisotopic (exact) mass is 240 g/mol. The highest BCUT2D eigenvalue weighted by Gasteiger charge is 2.24. The summed E-state index contributed by atoms with van der Waals surface area (Å²) in [7, 11) is 0. The van der Waals surface area contributed by atoms with E-state index in [2.05, 4.69) is 0 Å². The molecule has 0 heterocycles. The van der Waals surface area contributed by atoms with Crippen molar-refractivity contribution in [1.29, 1.82) is 0 Å². The lowest BCUT2D eigenvalue weighted by molar-refractivity contribution is 0.369. The Hall–Kier alpha value is -0.560. The van der Waals surface area contributed by atoms with E-state index in [9.17, 15) is 4.39 Å². The third-order valence-corrected chi connectivity index (χ3v) is 4.07. The number of benzene rings is 1. The van der Waals surface area contributed by atoms with Gasteiger partial charge in [0.15, 0.2) is 0 Å². The van der Waals surface area contributed by atoms with Crippen LogP contribution in [0.15, 0.2) is 24.3 Å². The van der Waals surface area contributed by atoms with E-state index in [4.69, 9.17) is 11.6 Å². The number of hydrogen-bond acceptors (Lipinski definition) is 0. The molecule has 0 amide bonds. The molecule has 0 radical (unpaired) electrons. The molecule has 1 saturated carbocycles. The third-order valence-electron chi connectivity index (χ3n) is 3.68. The summed E-state index contributed by atoms with van der Waals surface area (Å²) in [5, 5.41) is 0. The summed E-state index contributed by atoms with van der Waals surface area (Å²) in [6, 6.07) is 6.83. The lowest BCUT2D eigenvalue weighted by Gasteiger charge is -2.20. The van der Waals surface area contributed by atoms with Gasteiger partial charge in [-0.05, 0) is 36.0 Å². The molecular weight excluding hydrogens is 223 g/mol. The first-order chi connectivity index (χ1) is 7.79. The van der Waals surface area contributed by atoms with Crippen molar-refractivity contribution in [2.24, 2.45) is 11.8 Å². The molecule has 1 aliphatic rings. The van der Waals surface area contributed by atoms with Crippen LogP contribution in [0.1, 0.15) is 31.2 Å². The summed E-state index contributed by atoms with van der Waals surface area (Å²) in [5.74, 6) is 1.91. The largest absolute Gasteiger partial charge is 0.207 e.